The lowest BCUT2D eigenvalue weighted by molar-refractivity contribution is -0.117. The molecule has 0 aliphatic carbocycles. The molecule has 0 unspecified atom stereocenters. The largest absolute Gasteiger partial charge is 0.497 e. The molecule has 0 aliphatic heterocycles. The van der Waals surface area contributed by atoms with Crippen molar-refractivity contribution < 1.29 is 23.8 Å². The van der Waals surface area contributed by atoms with E-state index >= 15 is 0 Å². The fraction of sp³-hybridized carbons (Fsp3) is 0.258. The van der Waals surface area contributed by atoms with E-state index in [4.69, 9.17) is 19.2 Å². The molecule has 4 aromatic rings. The number of anilines is 1. The molecule has 10 nitrogen and oxygen atoms in total. The van der Waals surface area contributed by atoms with Gasteiger partial charge in [-0.3, -0.25) is 19.5 Å². The van der Waals surface area contributed by atoms with Crippen molar-refractivity contribution in [3.63, 3.8) is 0 Å². The summed E-state index contributed by atoms with van der Waals surface area (Å²) in [5, 5.41) is 2.92. The van der Waals surface area contributed by atoms with Crippen molar-refractivity contribution in [2.24, 2.45) is 0 Å². The molecule has 0 fully saturated rings. The summed E-state index contributed by atoms with van der Waals surface area (Å²) < 4.78 is 17.9. The Kier molecular flexibility index (Phi) is 9.60. The van der Waals surface area contributed by atoms with Gasteiger partial charge in [0.15, 0.2) is 11.5 Å². The monoisotopic (exact) mass is 557 g/mol. The summed E-state index contributed by atoms with van der Waals surface area (Å²) >= 11 is 0. The third kappa shape index (κ3) is 7.23. The van der Waals surface area contributed by atoms with E-state index < -0.39 is 0 Å². The number of aromatic nitrogens is 2. The normalized spacial score (nSPS) is 10.8. The molecule has 1 heterocycles. The van der Waals surface area contributed by atoms with Gasteiger partial charge in [-0.15, -0.1) is 0 Å². The second kappa shape index (κ2) is 13.5. The van der Waals surface area contributed by atoms with Crippen LogP contribution in [0.15, 0.2) is 79.0 Å². The Hall–Kier alpha value is -4.83. The molecular formula is C31H35N5O5. The van der Waals surface area contributed by atoms with Gasteiger partial charge in [0.1, 0.15) is 12.3 Å². The molecule has 0 aliphatic rings. The van der Waals surface area contributed by atoms with Gasteiger partial charge in [-0.1, -0.05) is 30.3 Å². The van der Waals surface area contributed by atoms with Crippen LogP contribution in [0.2, 0.25) is 0 Å². The number of benzene rings is 3. The van der Waals surface area contributed by atoms with Crippen molar-refractivity contribution in [3.8, 4) is 34.2 Å². The van der Waals surface area contributed by atoms with Crippen molar-refractivity contribution in [1.29, 1.82) is 0 Å². The zero-order valence-corrected chi connectivity index (χ0v) is 24.0. The SMILES string of the molecule is COc1ccc(C(=O)N(CCN(C)C)CC(=O)Nc2nc(-c3ccccc3)cn2-c2ccc(OC)c(OC)c2)cc1. The van der Waals surface area contributed by atoms with Gasteiger partial charge < -0.3 is 24.0 Å². The Labute approximate surface area is 240 Å². The van der Waals surface area contributed by atoms with E-state index in [1.54, 1.807) is 56.2 Å². The lowest BCUT2D eigenvalue weighted by atomic mass is 10.2. The minimum absolute atomic E-state index is 0.155. The average molecular weight is 558 g/mol. The fourth-order valence-electron chi connectivity index (χ4n) is 4.21. The molecule has 0 bridgehead atoms. The smallest absolute Gasteiger partial charge is 0.254 e. The Morgan fingerprint density at radius 1 is 0.854 bits per heavy atom. The molecule has 0 saturated heterocycles. The van der Waals surface area contributed by atoms with Gasteiger partial charge >= 0.3 is 0 Å². The van der Waals surface area contributed by atoms with Crippen LogP contribution >= 0.6 is 0 Å². The summed E-state index contributed by atoms with van der Waals surface area (Å²) in [4.78, 5) is 35.0. The third-order valence-corrected chi connectivity index (χ3v) is 6.45. The molecule has 2 amide bonds. The highest BCUT2D eigenvalue weighted by Crippen LogP contribution is 2.31. The summed E-state index contributed by atoms with van der Waals surface area (Å²) in [6.45, 7) is 0.802. The van der Waals surface area contributed by atoms with Gasteiger partial charge in [-0.05, 0) is 50.5 Å². The summed E-state index contributed by atoms with van der Waals surface area (Å²) in [7, 11) is 8.54. The number of ether oxygens (including phenoxy) is 3. The first-order valence-electron chi connectivity index (χ1n) is 13.1. The molecule has 3 aromatic carbocycles. The Bertz CT molecular complexity index is 1470. The van der Waals surface area contributed by atoms with Gasteiger partial charge in [0, 0.05) is 36.5 Å². The zero-order chi connectivity index (χ0) is 29.4. The predicted molar refractivity (Wildman–Crippen MR) is 158 cm³/mol. The lowest BCUT2D eigenvalue weighted by Gasteiger charge is -2.24. The van der Waals surface area contributed by atoms with E-state index in [-0.39, 0.29) is 18.4 Å². The van der Waals surface area contributed by atoms with Crippen LogP contribution in [0.25, 0.3) is 16.9 Å². The highest BCUT2D eigenvalue weighted by Gasteiger charge is 2.21. The fourth-order valence-corrected chi connectivity index (χ4v) is 4.21. The van der Waals surface area contributed by atoms with Gasteiger partial charge in [0.25, 0.3) is 5.91 Å². The second-order valence-electron chi connectivity index (χ2n) is 9.53. The molecule has 0 radical (unpaired) electrons. The Morgan fingerprint density at radius 2 is 1.56 bits per heavy atom. The van der Waals surface area contributed by atoms with E-state index in [0.29, 0.717) is 53.2 Å². The number of nitrogens with zero attached hydrogens (tertiary/aromatic N) is 4. The van der Waals surface area contributed by atoms with E-state index in [1.165, 1.54) is 4.90 Å². The topological polar surface area (TPSA) is 98.2 Å². The van der Waals surface area contributed by atoms with Crippen LogP contribution in [0.1, 0.15) is 10.4 Å². The summed E-state index contributed by atoms with van der Waals surface area (Å²) in [6, 6.07) is 22.0. The molecule has 10 heteroatoms. The first-order valence-corrected chi connectivity index (χ1v) is 13.1. The maximum absolute atomic E-state index is 13.4. The second-order valence-corrected chi connectivity index (χ2v) is 9.53. The molecule has 214 valence electrons. The van der Waals surface area contributed by atoms with Crippen LogP contribution in [-0.2, 0) is 4.79 Å². The number of amides is 2. The van der Waals surface area contributed by atoms with Crippen LogP contribution in [0.4, 0.5) is 5.95 Å². The average Bonchev–Trinajstić information content (AvgIpc) is 3.42. The maximum Gasteiger partial charge on any atom is 0.254 e. The predicted octanol–water partition coefficient (Wildman–Crippen LogP) is 4.21. The van der Waals surface area contributed by atoms with Crippen molar-refractivity contribution in [2.45, 2.75) is 0 Å². The number of likely N-dealkylation sites (N-methyl/N-ethyl adjacent to an activating group) is 1. The van der Waals surface area contributed by atoms with Crippen molar-refractivity contribution in [3.05, 3.63) is 84.6 Å². The molecule has 41 heavy (non-hydrogen) atoms. The van der Waals surface area contributed by atoms with Crippen LogP contribution < -0.4 is 19.5 Å². The van der Waals surface area contributed by atoms with E-state index in [9.17, 15) is 9.59 Å². The summed E-state index contributed by atoms with van der Waals surface area (Å²) in [6.07, 6.45) is 1.85. The van der Waals surface area contributed by atoms with Crippen molar-refractivity contribution >= 4 is 17.8 Å². The first-order chi connectivity index (χ1) is 19.8. The van der Waals surface area contributed by atoms with Crippen LogP contribution in [0, 0.1) is 0 Å². The number of imidazole rings is 1. The lowest BCUT2D eigenvalue weighted by Crippen LogP contribution is -2.41. The Morgan fingerprint density at radius 3 is 2.20 bits per heavy atom. The number of methoxy groups -OCH3 is 3. The molecule has 0 saturated carbocycles. The molecule has 4 rings (SSSR count). The standard InChI is InChI=1S/C31H35N5O5/c1-34(2)17-18-35(30(38)23-11-14-25(39-3)15-12-23)21-29(37)33-31-32-26(22-9-7-6-8-10-22)20-36(31)24-13-16-27(40-4)28(19-24)41-5/h6-16,19-20H,17-18,21H2,1-5H3,(H,32,33,37). The minimum Gasteiger partial charge on any atom is -0.497 e. The number of nitrogens with one attached hydrogen (secondary N) is 1. The molecule has 1 N–H and O–H groups in total. The minimum atomic E-state index is -0.377. The zero-order valence-electron chi connectivity index (χ0n) is 24.0. The third-order valence-electron chi connectivity index (χ3n) is 6.45. The van der Waals surface area contributed by atoms with E-state index in [2.05, 4.69) is 5.32 Å². The quantitative estimate of drug-likeness (QED) is 0.279. The molecule has 0 atom stereocenters. The molecule has 0 spiro atoms. The maximum atomic E-state index is 13.4. The number of hydrogen-bond acceptors (Lipinski definition) is 7. The number of rotatable bonds is 12. The van der Waals surface area contributed by atoms with Crippen LogP contribution in [-0.4, -0.2) is 86.2 Å². The van der Waals surface area contributed by atoms with Gasteiger partial charge in [-0.2, -0.15) is 0 Å². The summed E-state index contributed by atoms with van der Waals surface area (Å²) in [5.41, 5.74) is 2.75. The summed E-state index contributed by atoms with van der Waals surface area (Å²) in [5.74, 6) is 1.45. The van der Waals surface area contributed by atoms with Gasteiger partial charge in [0.2, 0.25) is 11.9 Å². The highest BCUT2D eigenvalue weighted by atomic mass is 16.5. The van der Waals surface area contributed by atoms with Crippen molar-refractivity contribution in [2.75, 3.05) is 60.4 Å². The van der Waals surface area contributed by atoms with Crippen LogP contribution in [0.3, 0.4) is 0 Å². The van der Waals surface area contributed by atoms with E-state index in [0.717, 1.165) is 5.56 Å². The molecular weight excluding hydrogens is 522 g/mol. The molecule has 1 aromatic heterocycles. The van der Waals surface area contributed by atoms with Crippen molar-refractivity contribution in [1.82, 2.24) is 19.4 Å². The van der Waals surface area contributed by atoms with Gasteiger partial charge in [0.05, 0.1) is 32.7 Å². The number of carbonyl (C=O) groups is 2. The number of carbonyl (C=O) groups excluding carboxylic acids is 2. The van der Waals surface area contributed by atoms with E-state index in [1.807, 2.05) is 67.7 Å². The first kappa shape index (κ1) is 29.2. The highest BCUT2D eigenvalue weighted by molar-refractivity contribution is 5.99. The van der Waals surface area contributed by atoms with Crippen LogP contribution in [0.5, 0.6) is 17.2 Å². The van der Waals surface area contributed by atoms with Gasteiger partial charge in [-0.25, -0.2) is 4.98 Å². The number of hydrogen-bond donors (Lipinski definition) is 1. The Balaban J connectivity index is 1.63.